The molecule has 1 saturated heterocycles. The number of carbonyl (C=O) groups excluding carboxylic acids is 1. The lowest BCUT2D eigenvalue weighted by Gasteiger charge is -2.26. The second kappa shape index (κ2) is 8.08. The van der Waals surface area contributed by atoms with E-state index in [4.69, 9.17) is 9.47 Å². The Balaban J connectivity index is 1.39. The van der Waals surface area contributed by atoms with Crippen LogP contribution in [0, 0.1) is 0 Å². The van der Waals surface area contributed by atoms with Gasteiger partial charge in [-0.15, -0.1) is 0 Å². The zero-order chi connectivity index (χ0) is 18.6. The Morgan fingerprint density at radius 3 is 2.96 bits per heavy atom. The first-order valence-electron chi connectivity index (χ1n) is 8.94. The Labute approximate surface area is 161 Å². The van der Waals surface area contributed by atoms with Gasteiger partial charge < -0.3 is 14.8 Å². The summed E-state index contributed by atoms with van der Waals surface area (Å²) in [6, 6.07) is 7.91. The first-order valence-corrected chi connectivity index (χ1v) is 9.76. The van der Waals surface area contributed by atoms with Crippen LogP contribution in [-0.2, 0) is 4.74 Å². The molecule has 142 valence electrons. The van der Waals surface area contributed by atoms with Gasteiger partial charge in [0.2, 0.25) is 0 Å². The molecule has 0 radical (unpaired) electrons. The van der Waals surface area contributed by atoms with Gasteiger partial charge in [0.25, 0.3) is 5.91 Å². The number of methoxy groups -OCH3 is 1. The number of hydrogen-bond acceptors (Lipinski definition) is 6. The topological polar surface area (TPSA) is 68.1 Å². The molecule has 0 atom stereocenters. The highest BCUT2D eigenvalue weighted by Gasteiger charge is 2.15. The summed E-state index contributed by atoms with van der Waals surface area (Å²) in [7, 11) is 1.66. The fraction of sp³-hybridized carbons (Fsp3) is 0.368. The van der Waals surface area contributed by atoms with E-state index in [1.54, 1.807) is 24.6 Å². The lowest BCUT2D eigenvalue weighted by atomic mass is 10.2. The maximum atomic E-state index is 12.4. The third kappa shape index (κ3) is 4.13. The van der Waals surface area contributed by atoms with Crippen molar-refractivity contribution in [2.45, 2.75) is 0 Å². The van der Waals surface area contributed by atoms with Crippen molar-refractivity contribution in [3.8, 4) is 16.2 Å². The Bertz CT molecular complexity index is 899. The van der Waals surface area contributed by atoms with Crippen molar-refractivity contribution in [3.63, 3.8) is 0 Å². The summed E-state index contributed by atoms with van der Waals surface area (Å²) < 4.78 is 12.5. The van der Waals surface area contributed by atoms with Gasteiger partial charge in [-0.2, -0.15) is 0 Å². The van der Waals surface area contributed by atoms with Crippen molar-refractivity contribution < 1.29 is 14.3 Å². The third-order valence-electron chi connectivity index (χ3n) is 4.56. The van der Waals surface area contributed by atoms with Crippen LogP contribution in [0.1, 0.15) is 10.5 Å². The summed E-state index contributed by atoms with van der Waals surface area (Å²) in [5.41, 5.74) is 1.52. The molecule has 0 spiro atoms. The number of ether oxygens (including phenoxy) is 2. The van der Waals surface area contributed by atoms with Crippen molar-refractivity contribution in [3.05, 3.63) is 42.4 Å². The zero-order valence-corrected chi connectivity index (χ0v) is 16.0. The van der Waals surface area contributed by atoms with Crippen LogP contribution in [0.5, 0.6) is 5.75 Å². The average molecular weight is 386 g/mol. The van der Waals surface area contributed by atoms with E-state index in [9.17, 15) is 4.79 Å². The van der Waals surface area contributed by atoms with Crippen molar-refractivity contribution in [2.24, 2.45) is 0 Å². The molecule has 3 heterocycles. The molecule has 0 unspecified atom stereocenters. The van der Waals surface area contributed by atoms with E-state index >= 15 is 0 Å². The largest absolute Gasteiger partial charge is 0.497 e. The first-order chi connectivity index (χ1) is 13.2. The third-order valence-corrected chi connectivity index (χ3v) is 5.61. The van der Waals surface area contributed by atoms with Crippen LogP contribution in [0.4, 0.5) is 0 Å². The molecule has 1 aliphatic rings. The number of hydrogen-bond donors (Lipinski definition) is 1. The normalized spacial score (nSPS) is 15.1. The van der Waals surface area contributed by atoms with Gasteiger partial charge in [-0.05, 0) is 17.7 Å². The van der Waals surface area contributed by atoms with Gasteiger partial charge in [-0.1, -0.05) is 23.5 Å². The van der Waals surface area contributed by atoms with Crippen LogP contribution in [0.25, 0.3) is 15.4 Å². The number of carbonyl (C=O) groups is 1. The van der Waals surface area contributed by atoms with Crippen LogP contribution in [0.2, 0.25) is 0 Å². The lowest BCUT2D eigenvalue weighted by molar-refractivity contribution is 0.0383. The Morgan fingerprint density at radius 1 is 1.33 bits per heavy atom. The van der Waals surface area contributed by atoms with E-state index in [1.807, 2.05) is 34.9 Å². The standard InChI is InChI=1S/C19H22N4O3S/c1-25-15-4-2-3-14(11-15)17-13-23-12-16(21-19(23)27-17)18(24)20-5-6-22-7-9-26-10-8-22/h2-4,11-13H,5-10H2,1H3,(H,20,24). The highest BCUT2D eigenvalue weighted by Crippen LogP contribution is 2.30. The molecule has 8 heteroatoms. The van der Waals surface area contributed by atoms with E-state index in [0.29, 0.717) is 12.2 Å². The number of thiazole rings is 1. The van der Waals surface area contributed by atoms with Gasteiger partial charge >= 0.3 is 0 Å². The second-order valence-corrected chi connectivity index (χ2v) is 7.36. The first kappa shape index (κ1) is 18.0. The van der Waals surface area contributed by atoms with Crippen LogP contribution >= 0.6 is 11.3 Å². The minimum absolute atomic E-state index is 0.137. The summed E-state index contributed by atoms with van der Waals surface area (Å²) in [4.78, 5) is 21.0. The van der Waals surface area contributed by atoms with Crippen molar-refractivity contribution >= 4 is 22.2 Å². The Kier molecular flexibility index (Phi) is 5.38. The zero-order valence-electron chi connectivity index (χ0n) is 15.2. The van der Waals surface area contributed by atoms with E-state index in [2.05, 4.69) is 15.2 Å². The Hall–Kier alpha value is -2.42. The van der Waals surface area contributed by atoms with Gasteiger partial charge in [0.05, 0.1) is 25.2 Å². The smallest absolute Gasteiger partial charge is 0.271 e. The molecule has 7 nitrogen and oxygen atoms in total. The van der Waals surface area contributed by atoms with Gasteiger partial charge in [0, 0.05) is 38.6 Å². The summed E-state index contributed by atoms with van der Waals surface area (Å²) in [6.45, 7) is 4.81. The van der Waals surface area contributed by atoms with E-state index < -0.39 is 0 Å². The fourth-order valence-corrected chi connectivity index (χ4v) is 4.02. The van der Waals surface area contributed by atoms with Crippen LogP contribution in [0.3, 0.4) is 0 Å². The maximum absolute atomic E-state index is 12.4. The van der Waals surface area contributed by atoms with E-state index in [0.717, 1.165) is 54.0 Å². The number of nitrogens with zero attached hydrogens (tertiary/aromatic N) is 3. The molecular weight excluding hydrogens is 364 g/mol. The predicted octanol–water partition coefficient (Wildman–Crippen LogP) is 2.13. The Morgan fingerprint density at radius 2 is 2.19 bits per heavy atom. The maximum Gasteiger partial charge on any atom is 0.271 e. The molecule has 1 fully saturated rings. The number of benzene rings is 1. The minimum Gasteiger partial charge on any atom is -0.497 e. The van der Waals surface area contributed by atoms with Gasteiger partial charge in [0.1, 0.15) is 11.4 Å². The number of morpholine rings is 1. The highest BCUT2D eigenvalue weighted by atomic mass is 32.1. The molecule has 1 N–H and O–H groups in total. The van der Waals surface area contributed by atoms with Crippen molar-refractivity contribution in [2.75, 3.05) is 46.5 Å². The monoisotopic (exact) mass is 386 g/mol. The van der Waals surface area contributed by atoms with Crippen molar-refractivity contribution in [1.82, 2.24) is 19.6 Å². The minimum atomic E-state index is -0.137. The SMILES string of the molecule is COc1cccc(-c2cn3cc(C(=O)NCCN4CCOCC4)nc3s2)c1. The van der Waals surface area contributed by atoms with E-state index in [1.165, 1.54) is 0 Å². The molecular formula is C19H22N4O3S. The predicted molar refractivity (Wildman–Crippen MR) is 105 cm³/mol. The fourth-order valence-electron chi connectivity index (χ4n) is 3.06. The summed E-state index contributed by atoms with van der Waals surface area (Å²) >= 11 is 1.55. The number of imidazole rings is 1. The molecule has 0 bridgehead atoms. The summed E-state index contributed by atoms with van der Waals surface area (Å²) in [5.74, 6) is 0.681. The van der Waals surface area contributed by atoms with Crippen molar-refractivity contribution in [1.29, 1.82) is 0 Å². The van der Waals surface area contributed by atoms with Crippen LogP contribution in [0.15, 0.2) is 36.7 Å². The molecule has 3 aromatic rings. The molecule has 2 aromatic heterocycles. The number of aromatic nitrogens is 2. The number of nitrogens with one attached hydrogen (secondary N) is 1. The van der Waals surface area contributed by atoms with E-state index in [-0.39, 0.29) is 5.91 Å². The number of amides is 1. The van der Waals surface area contributed by atoms with Crippen LogP contribution in [-0.4, -0.2) is 66.7 Å². The molecule has 4 rings (SSSR count). The molecule has 0 aliphatic carbocycles. The summed E-state index contributed by atoms with van der Waals surface area (Å²) in [5, 5.41) is 2.95. The number of rotatable bonds is 6. The molecule has 27 heavy (non-hydrogen) atoms. The molecule has 1 amide bonds. The molecule has 1 aromatic carbocycles. The highest BCUT2D eigenvalue weighted by molar-refractivity contribution is 7.20. The average Bonchev–Trinajstić information content (AvgIpc) is 3.28. The molecule has 0 saturated carbocycles. The van der Waals surface area contributed by atoms with Gasteiger partial charge in [0.15, 0.2) is 4.96 Å². The lowest BCUT2D eigenvalue weighted by Crippen LogP contribution is -2.41. The molecule has 1 aliphatic heterocycles. The summed E-state index contributed by atoms with van der Waals surface area (Å²) in [6.07, 6.45) is 3.77. The van der Waals surface area contributed by atoms with Gasteiger partial charge in [-0.25, -0.2) is 4.98 Å². The van der Waals surface area contributed by atoms with Gasteiger partial charge in [-0.3, -0.25) is 14.1 Å². The second-order valence-electron chi connectivity index (χ2n) is 6.35. The quantitative estimate of drug-likeness (QED) is 0.703. The number of fused-ring (bicyclic) bond motifs is 1. The van der Waals surface area contributed by atoms with Crippen LogP contribution < -0.4 is 10.1 Å².